The van der Waals surface area contributed by atoms with Gasteiger partial charge in [-0.25, -0.2) is 4.98 Å². The van der Waals surface area contributed by atoms with Crippen molar-refractivity contribution < 1.29 is 4.79 Å². The maximum atomic E-state index is 10.7. The molecule has 0 saturated carbocycles. The summed E-state index contributed by atoms with van der Waals surface area (Å²) < 4.78 is 0. The molecule has 0 aliphatic rings. The molecule has 0 atom stereocenters. The highest BCUT2D eigenvalue weighted by atomic mass is 28.3. The van der Waals surface area contributed by atoms with Gasteiger partial charge >= 0.3 is 0 Å². The molecule has 1 aromatic heterocycles. The van der Waals surface area contributed by atoms with Gasteiger partial charge in [0, 0.05) is 10.9 Å². The van der Waals surface area contributed by atoms with Crippen LogP contribution in [-0.4, -0.2) is 19.3 Å². The molecule has 0 N–H and O–H groups in total. The highest BCUT2D eigenvalue weighted by molar-refractivity contribution is 6.83. The molecule has 0 radical (unpaired) electrons. The third kappa shape index (κ3) is 3.05. The molecule has 0 saturated heterocycles. The van der Waals surface area contributed by atoms with E-state index < -0.39 is 8.07 Å². The van der Waals surface area contributed by atoms with E-state index in [1.807, 2.05) is 24.3 Å². The predicted octanol–water partition coefficient (Wildman–Crippen LogP) is 3.28. The Bertz CT molecular complexity index is 659. The van der Waals surface area contributed by atoms with Gasteiger partial charge in [-0.2, -0.15) is 0 Å². The van der Waals surface area contributed by atoms with E-state index in [2.05, 4.69) is 36.1 Å². The normalized spacial score (nSPS) is 10.8. The lowest BCUT2D eigenvalue weighted by molar-refractivity contribution is 0.112. The van der Waals surface area contributed by atoms with Crippen LogP contribution in [0.5, 0.6) is 0 Å². The van der Waals surface area contributed by atoms with Crippen LogP contribution < -0.4 is 0 Å². The number of nitrogens with zero attached hydrogens (tertiary/aromatic N) is 1. The zero-order chi connectivity index (χ0) is 13.2. The van der Waals surface area contributed by atoms with Crippen LogP contribution in [0, 0.1) is 11.5 Å². The Morgan fingerprint density at radius 3 is 2.61 bits per heavy atom. The third-order valence-electron chi connectivity index (χ3n) is 2.41. The molecule has 2 aromatic rings. The lowest BCUT2D eigenvalue weighted by atomic mass is 10.1. The van der Waals surface area contributed by atoms with E-state index in [1.165, 1.54) is 0 Å². The average Bonchev–Trinajstić information content (AvgIpc) is 2.34. The fraction of sp³-hybridized carbons (Fsp3) is 0.200. The van der Waals surface area contributed by atoms with Crippen molar-refractivity contribution in [2.75, 3.05) is 0 Å². The van der Waals surface area contributed by atoms with Gasteiger partial charge in [-0.1, -0.05) is 25.6 Å². The number of carbonyl (C=O) groups excluding carboxylic acids is 1. The van der Waals surface area contributed by atoms with Gasteiger partial charge in [-0.3, -0.25) is 4.79 Å². The average molecular weight is 253 g/mol. The fourth-order valence-corrected chi connectivity index (χ4v) is 2.04. The van der Waals surface area contributed by atoms with Crippen LogP contribution in [0.4, 0.5) is 0 Å². The molecule has 2 rings (SSSR count). The monoisotopic (exact) mass is 253 g/mol. The maximum Gasteiger partial charge on any atom is 0.150 e. The van der Waals surface area contributed by atoms with Crippen molar-refractivity contribution in [3.8, 4) is 11.5 Å². The minimum Gasteiger partial charge on any atom is -0.298 e. The number of hydrogen-bond donors (Lipinski definition) is 0. The second kappa shape index (κ2) is 4.75. The number of rotatable bonds is 1. The summed E-state index contributed by atoms with van der Waals surface area (Å²) in [5.74, 6) is 3.14. The molecule has 0 amide bonds. The van der Waals surface area contributed by atoms with Crippen molar-refractivity contribution in [3.05, 3.63) is 41.6 Å². The van der Waals surface area contributed by atoms with Crippen molar-refractivity contribution in [3.63, 3.8) is 0 Å². The van der Waals surface area contributed by atoms with Gasteiger partial charge in [0.15, 0.2) is 0 Å². The van der Waals surface area contributed by atoms with Crippen molar-refractivity contribution in [1.29, 1.82) is 0 Å². The second-order valence-electron chi connectivity index (χ2n) is 5.27. The predicted molar refractivity (Wildman–Crippen MR) is 77.4 cm³/mol. The topological polar surface area (TPSA) is 30.0 Å². The molecule has 90 valence electrons. The third-order valence-corrected chi connectivity index (χ3v) is 3.29. The number of carbonyl (C=O) groups is 1. The Kier molecular flexibility index (Phi) is 3.31. The lowest BCUT2D eigenvalue weighted by Crippen LogP contribution is -2.16. The highest BCUT2D eigenvalue weighted by Gasteiger charge is 2.07. The van der Waals surface area contributed by atoms with Gasteiger partial charge in [0.25, 0.3) is 0 Å². The largest absolute Gasteiger partial charge is 0.298 e. The van der Waals surface area contributed by atoms with E-state index in [0.29, 0.717) is 5.56 Å². The molecule has 0 spiro atoms. The van der Waals surface area contributed by atoms with Crippen molar-refractivity contribution in [2.24, 2.45) is 0 Å². The van der Waals surface area contributed by atoms with Crippen LogP contribution in [0.3, 0.4) is 0 Å². The van der Waals surface area contributed by atoms with E-state index >= 15 is 0 Å². The smallest absolute Gasteiger partial charge is 0.150 e. The van der Waals surface area contributed by atoms with Crippen LogP contribution >= 0.6 is 0 Å². The summed E-state index contributed by atoms with van der Waals surface area (Å²) in [6, 6.07) is 9.34. The standard InChI is InChI=1S/C15H15NOSi/c1-18(2,3)9-8-14-6-5-13-10-12(11-17)4-7-15(13)16-14/h4-7,10-11H,1-3H3. The number of pyridine rings is 1. The molecule has 0 unspecified atom stereocenters. The Hall–Kier alpha value is -1.92. The first-order chi connectivity index (χ1) is 8.48. The Balaban J connectivity index is 2.44. The zero-order valence-corrected chi connectivity index (χ0v) is 11.8. The minimum absolute atomic E-state index is 0.672. The number of fused-ring (bicyclic) bond motifs is 1. The summed E-state index contributed by atoms with van der Waals surface area (Å²) in [5.41, 5.74) is 5.64. The van der Waals surface area contributed by atoms with E-state index in [9.17, 15) is 4.79 Å². The first-order valence-corrected chi connectivity index (χ1v) is 9.37. The number of aldehydes is 1. The van der Waals surface area contributed by atoms with E-state index in [1.54, 1.807) is 6.07 Å². The molecule has 2 nitrogen and oxygen atoms in total. The minimum atomic E-state index is -1.37. The summed E-state index contributed by atoms with van der Waals surface area (Å²) in [6.07, 6.45) is 0.846. The van der Waals surface area contributed by atoms with E-state index in [-0.39, 0.29) is 0 Å². The molecule has 0 fully saturated rings. The summed E-state index contributed by atoms with van der Waals surface area (Å²) in [6.45, 7) is 6.62. The van der Waals surface area contributed by atoms with Crippen LogP contribution in [-0.2, 0) is 0 Å². The SMILES string of the molecule is C[Si](C)(C)C#Cc1ccc2cc(C=O)ccc2n1. The first kappa shape index (κ1) is 12.5. The molecule has 3 heteroatoms. The fourth-order valence-electron chi connectivity index (χ4n) is 1.54. The Labute approximate surface area is 108 Å². The van der Waals surface area contributed by atoms with Crippen LogP contribution in [0.2, 0.25) is 19.6 Å². The van der Waals surface area contributed by atoms with Crippen molar-refractivity contribution in [1.82, 2.24) is 4.98 Å². The van der Waals surface area contributed by atoms with Crippen LogP contribution in [0.1, 0.15) is 16.1 Å². The van der Waals surface area contributed by atoms with Crippen molar-refractivity contribution in [2.45, 2.75) is 19.6 Å². The quantitative estimate of drug-likeness (QED) is 0.443. The molecule has 0 aliphatic carbocycles. The molecule has 0 bridgehead atoms. The number of benzene rings is 1. The highest BCUT2D eigenvalue weighted by Crippen LogP contribution is 2.13. The van der Waals surface area contributed by atoms with Gasteiger partial charge in [0.2, 0.25) is 0 Å². The number of aromatic nitrogens is 1. The summed E-state index contributed by atoms with van der Waals surface area (Å²) in [5, 5.41) is 0.971. The molecular weight excluding hydrogens is 238 g/mol. The number of hydrogen-bond acceptors (Lipinski definition) is 2. The van der Waals surface area contributed by atoms with E-state index in [4.69, 9.17) is 0 Å². The molecular formula is C15H15NOSi. The first-order valence-electron chi connectivity index (χ1n) is 5.87. The molecule has 1 heterocycles. The Morgan fingerprint density at radius 1 is 1.17 bits per heavy atom. The lowest BCUT2D eigenvalue weighted by Gasteiger charge is -2.03. The van der Waals surface area contributed by atoms with E-state index in [0.717, 1.165) is 22.9 Å². The maximum absolute atomic E-state index is 10.7. The van der Waals surface area contributed by atoms with Gasteiger partial charge in [0.05, 0.1) is 5.52 Å². The Morgan fingerprint density at radius 2 is 1.94 bits per heavy atom. The van der Waals surface area contributed by atoms with Gasteiger partial charge in [0.1, 0.15) is 20.1 Å². The second-order valence-corrected chi connectivity index (χ2v) is 10.0. The summed E-state index contributed by atoms with van der Waals surface area (Å²) in [7, 11) is -1.37. The van der Waals surface area contributed by atoms with Gasteiger partial charge in [-0.15, -0.1) is 5.54 Å². The molecule has 0 aliphatic heterocycles. The molecule has 1 aromatic carbocycles. The molecule has 18 heavy (non-hydrogen) atoms. The van der Waals surface area contributed by atoms with Crippen molar-refractivity contribution >= 4 is 25.3 Å². The van der Waals surface area contributed by atoms with Gasteiger partial charge in [-0.05, 0) is 30.3 Å². The van der Waals surface area contributed by atoms with Crippen LogP contribution in [0.25, 0.3) is 10.9 Å². The summed E-state index contributed by atoms with van der Waals surface area (Å²) >= 11 is 0. The van der Waals surface area contributed by atoms with Crippen LogP contribution in [0.15, 0.2) is 30.3 Å². The van der Waals surface area contributed by atoms with Gasteiger partial charge < -0.3 is 0 Å². The summed E-state index contributed by atoms with van der Waals surface area (Å²) in [4.78, 5) is 15.2. The zero-order valence-electron chi connectivity index (χ0n) is 10.8.